The number of aromatic hydroxyl groups is 4. The summed E-state index contributed by atoms with van der Waals surface area (Å²) in [6, 6.07) is 15.9. The van der Waals surface area contributed by atoms with Gasteiger partial charge in [0.15, 0.2) is 23.0 Å². The highest BCUT2D eigenvalue weighted by Gasteiger charge is 2.02. The molecule has 0 fully saturated rings. The van der Waals surface area contributed by atoms with Crippen molar-refractivity contribution >= 4 is 24.0 Å². The third-order valence-corrected chi connectivity index (χ3v) is 4.81. The van der Waals surface area contributed by atoms with E-state index < -0.39 is 0 Å². The molecule has 0 aromatic heterocycles. The Balaban J connectivity index is 1.43. The molecule has 0 spiro atoms. The minimum Gasteiger partial charge on any atom is -0.504 e. The van der Waals surface area contributed by atoms with E-state index in [9.17, 15) is 30.0 Å². The summed E-state index contributed by atoms with van der Waals surface area (Å²) in [5.74, 6) is -1.58. The lowest BCUT2D eigenvalue weighted by Crippen LogP contribution is -2.21. The van der Waals surface area contributed by atoms with Gasteiger partial charge in [0, 0.05) is 25.2 Å². The molecule has 3 rings (SSSR count). The third-order valence-electron chi connectivity index (χ3n) is 4.81. The zero-order valence-corrected chi connectivity index (χ0v) is 18.1. The third kappa shape index (κ3) is 7.16. The first-order chi connectivity index (χ1) is 16.3. The first-order valence-corrected chi connectivity index (χ1v) is 10.3. The fourth-order valence-corrected chi connectivity index (χ4v) is 2.90. The lowest BCUT2D eigenvalue weighted by atomic mass is 10.1. The molecule has 0 saturated heterocycles. The maximum Gasteiger partial charge on any atom is 0.244 e. The average Bonchev–Trinajstić information content (AvgIpc) is 2.83. The molecular weight excluding hydrogens is 436 g/mol. The second kappa shape index (κ2) is 11.2. The lowest BCUT2D eigenvalue weighted by Gasteiger charge is -2.06. The van der Waals surface area contributed by atoms with Gasteiger partial charge in [0.05, 0.1) is 0 Å². The summed E-state index contributed by atoms with van der Waals surface area (Å²) in [6.07, 6.45) is 5.73. The molecule has 0 bridgehead atoms. The molecule has 0 heterocycles. The first-order valence-electron chi connectivity index (χ1n) is 10.3. The van der Waals surface area contributed by atoms with E-state index in [0.717, 1.165) is 11.1 Å². The minimum atomic E-state index is -0.308. The van der Waals surface area contributed by atoms with Crippen LogP contribution in [0.15, 0.2) is 72.8 Å². The molecular formula is C26H24N2O6. The second-order valence-electron chi connectivity index (χ2n) is 7.42. The van der Waals surface area contributed by atoms with Gasteiger partial charge in [-0.2, -0.15) is 0 Å². The van der Waals surface area contributed by atoms with Crippen LogP contribution in [-0.2, 0) is 22.7 Å². The normalized spacial score (nSPS) is 11.1. The Morgan fingerprint density at radius 2 is 0.971 bits per heavy atom. The number of phenols is 4. The van der Waals surface area contributed by atoms with Gasteiger partial charge in [0.2, 0.25) is 11.8 Å². The fourth-order valence-electron chi connectivity index (χ4n) is 2.90. The van der Waals surface area contributed by atoms with Crippen molar-refractivity contribution < 1.29 is 30.0 Å². The Morgan fingerprint density at radius 3 is 1.32 bits per heavy atom. The Hall–Kier alpha value is -4.72. The van der Waals surface area contributed by atoms with Gasteiger partial charge in [-0.05, 0) is 58.7 Å². The standard InChI is InChI=1S/C26H24N2O6/c29-21-9-5-17(13-23(21)31)7-11-25(33)27-15-19-1-2-20(4-3-19)16-28-26(34)12-8-18-6-10-22(30)24(32)14-18/h1-14,29-32H,15-16H2,(H,27,33)(H,28,34)/b11-7+,12-8?. The highest BCUT2D eigenvalue weighted by Crippen LogP contribution is 2.26. The molecule has 8 nitrogen and oxygen atoms in total. The van der Waals surface area contributed by atoms with Crippen LogP contribution in [0.25, 0.3) is 12.2 Å². The smallest absolute Gasteiger partial charge is 0.244 e. The number of carbonyl (C=O) groups is 2. The van der Waals surface area contributed by atoms with Gasteiger partial charge < -0.3 is 31.1 Å². The van der Waals surface area contributed by atoms with E-state index in [2.05, 4.69) is 10.6 Å². The number of phenolic OH excluding ortho intramolecular Hbond substituents is 4. The fraction of sp³-hybridized carbons (Fsp3) is 0.0769. The van der Waals surface area contributed by atoms with Crippen LogP contribution in [0, 0.1) is 0 Å². The zero-order valence-electron chi connectivity index (χ0n) is 18.1. The molecule has 2 amide bonds. The van der Waals surface area contributed by atoms with Gasteiger partial charge in [-0.3, -0.25) is 9.59 Å². The molecule has 6 N–H and O–H groups in total. The monoisotopic (exact) mass is 460 g/mol. The molecule has 0 aliphatic carbocycles. The van der Waals surface area contributed by atoms with Crippen LogP contribution in [0.2, 0.25) is 0 Å². The molecule has 0 radical (unpaired) electrons. The van der Waals surface area contributed by atoms with Crippen LogP contribution in [0.1, 0.15) is 22.3 Å². The molecule has 0 saturated carbocycles. The molecule has 3 aromatic rings. The number of benzene rings is 3. The summed E-state index contributed by atoms with van der Waals surface area (Å²) < 4.78 is 0. The van der Waals surface area contributed by atoms with Crippen molar-refractivity contribution in [3.05, 3.63) is 95.1 Å². The second-order valence-corrected chi connectivity index (χ2v) is 7.42. The summed E-state index contributed by atoms with van der Waals surface area (Å²) in [7, 11) is 0. The number of rotatable bonds is 8. The number of carbonyl (C=O) groups excluding carboxylic acids is 2. The number of nitrogens with one attached hydrogen (secondary N) is 2. The predicted octanol–water partition coefficient (Wildman–Crippen LogP) is 3.17. The van der Waals surface area contributed by atoms with Crippen LogP contribution in [0.5, 0.6) is 23.0 Å². The van der Waals surface area contributed by atoms with Crippen molar-refractivity contribution in [2.24, 2.45) is 0 Å². The first kappa shape index (κ1) is 23.9. The largest absolute Gasteiger partial charge is 0.504 e. The zero-order chi connectivity index (χ0) is 24.5. The Bertz CT molecular complexity index is 1140. The van der Waals surface area contributed by atoms with Crippen LogP contribution in [0.3, 0.4) is 0 Å². The average molecular weight is 460 g/mol. The highest BCUT2D eigenvalue weighted by atomic mass is 16.3. The maximum absolute atomic E-state index is 12.0. The molecule has 3 aromatic carbocycles. The van der Waals surface area contributed by atoms with Crippen LogP contribution >= 0.6 is 0 Å². The van der Waals surface area contributed by atoms with Gasteiger partial charge in [0.1, 0.15) is 0 Å². The summed E-state index contributed by atoms with van der Waals surface area (Å²) in [5, 5.41) is 43.1. The predicted molar refractivity (Wildman–Crippen MR) is 128 cm³/mol. The molecule has 34 heavy (non-hydrogen) atoms. The number of hydrogen-bond donors (Lipinski definition) is 6. The van der Waals surface area contributed by atoms with E-state index in [1.807, 2.05) is 24.3 Å². The van der Waals surface area contributed by atoms with Crippen LogP contribution in [0.4, 0.5) is 0 Å². The molecule has 174 valence electrons. The molecule has 0 atom stereocenters. The minimum absolute atomic E-state index is 0.226. The molecule has 0 unspecified atom stereocenters. The van der Waals surface area contributed by atoms with E-state index in [0.29, 0.717) is 24.2 Å². The molecule has 0 aliphatic rings. The van der Waals surface area contributed by atoms with Crippen LogP contribution < -0.4 is 10.6 Å². The Kier molecular flexibility index (Phi) is 7.91. The van der Waals surface area contributed by atoms with Crippen molar-refractivity contribution in [2.75, 3.05) is 0 Å². The summed E-state index contributed by atoms with van der Waals surface area (Å²) in [5.41, 5.74) is 2.91. The summed E-state index contributed by atoms with van der Waals surface area (Å²) >= 11 is 0. The van der Waals surface area contributed by atoms with E-state index in [-0.39, 0.29) is 34.8 Å². The van der Waals surface area contributed by atoms with Gasteiger partial charge in [-0.1, -0.05) is 36.4 Å². The van der Waals surface area contributed by atoms with Gasteiger partial charge in [0.25, 0.3) is 0 Å². The van der Waals surface area contributed by atoms with Gasteiger partial charge in [-0.25, -0.2) is 0 Å². The van der Waals surface area contributed by atoms with Crippen molar-refractivity contribution in [2.45, 2.75) is 13.1 Å². The molecule has 0 aliphatic heterocycles. The van der Waals surface area contributed by atoms with E-state index >= 15 is 0 Å². The van der Waals surface area contributed by atoms with Gasteiger partial charge in [-0.15, -0.1) is 0 Å². The van der Waals surface area contributed by atoms with Crippen molar-refractivity contribution in [1.82, 2.24) is 10.6 Å². The van der Waals surface area contributed by atoms with Crippen molar-refractivity contribution in [1.29, 1.82) is 0 Å². The Labute approximate surface area is 196 Å². The summed E-state index contributed by atoms with van der Waals surface area (Å²) in [4.78, 5) is 24.0. The quantitative estimate of drug-likeness (QED) is 0.225. The lowest BCUT2D eigenvalue weighted by molar-refractivity contribution is -0.117. The highest BCUT2D eigenvalue weighted by molar-refractivity contribution is 5.92. The van der Waals surface area contributed by atoms with E-state index in [4.69, 9.17) is 0 Å². The van der Waals surface area contributed by atoms with Gasteiger partial charge >= 0.3 is 0 Å². The Morgan fingerprint density at radius 1 is 0.588 bits per heavy atom. The van der Waals surface area contributed by atoms with Crippen molar-refractivity contribution in [3.8, 4) is 23.0 Å². The van der Waals surface area contributed by atoms with E-state index in [1.54, 1.807) is 12.1 Å². The topological polar surface area (TPSA) is 139 Å². The molecule has 8 heteroatoms. The van der Waals surface area contributed by atoms with Crippen LogP contribution in [-0.4, -0.2) is 32.2 Å². The summed E-state index contributed by atoms with van der Waals surface area (Å²) in [6.45, 7) is 0.637. The van der Waals surface area contributed by atoms with Crippen molar-refractivity contribution in [3.63, 3.8) is 0 Å². The number of amides is 2. The number of hydrogen-bond acceptors (Lipinski definition) is 6. The SMILES string of the molecule is O=C(C=Cc1ccc(O)c(O)c1)NCc1ccc(CNC(=O)/C=C/c2ccc(O)c(O)c2)cc1. The maximum atomic E-state index is 12.0. The van der Waals surface area contributed by atoms with E-state index in [1.165, 1.54) is 48.6 Å².